The molecule has 2 aliphatic heterocycles. The van der Waals surface area contributed by atoms with Crippen LogP contribution in [-0.2, 0) is 21.3 Å². The van der Waals surface area contributed by atoms with E-state index in [-0.39, 0.29) is 5.41 Å². The van der Waals surface area contributed by atoms with Gasteiger partial charge in [0.2, 0.25) is 10.0 Å². The van der Waals surface area contributed by atoms with Crippen molar-refractivity contribution < 1.29 is 13.2 Å². The topological polar surface area (TPSA) is 75.9 Å². The molecule has 0 aromatic heterocycles. The van der Waals surface area contributed by atoms with E-state index in [9.17, 15) is 8.42 Å². The monoisotopic (exact) mass is 353 g/mol. The first kappa shape index (κ1) is 17.8. The van der Waals surface area contributed by atoms with Crippen molar-refractivity contribution in [3.8, 4) is 0 Å². The van der Waals surface area contributed by atoms with Gasteiger partial charge in [0.1, 0.15) is 0 Å². The second kappa shape index (κ2) is 7.09. The first-order valence-electron chi connectivity index (χ1n) is 8.53. The van der Waals surface area contributed by atoms with E-state index in [1.807, 2.05) is 12.1 Å². The highest BCUT2D eigenvalue weighted by Gasteiger charge is 2.34. The summed E-state index contributed by atoms with van der Waals surface area (Å²) in [4.78, 5) is 2.73. The molecule has 0 saturated carbocycles. The molecule has 0 amide bonds. The third kappa shape index (κ3) is 3.65. The van der Waals surface area contributed by atoms with Crippen LogP contribution >= 0.6 is 0 Å². The summed E-state index contributed by atoms with van der Waals surface area (Å²) < 4.78 is 32.8. The van der Waals surface area contributed by atoms with Crippen LogP contribution in [0.15, 0.2) is 29.2 Å². The van der Waals surface area contributed by atoms with Crippen molar-refractivity contribution in [2.75, 3.05) is 45.9 Å². The summed E-state index contributed by atoms with van der Waals surface area (Å²) in [7, 11) is -3.47. The molecule has 2 aliphatic rings. The maximum atomic E-state index is 13.0. The average molecular weight is 353 g/mol. The van der Waals surface area contributed by atoms with Gasteiger partial charge < -0.3 is 10.5 Å². The quantitative estimate of drug-likeness (QED) is 0.850. The van der Waals surface area contributed by atoms with Gasteiger partial charge in [-0.05, 0) is 36.6 Å². The molecule has 0 bridgehead atoms. The molecule has 2 heterocycles. The molecule has 134 valence electrons. The maximum Gasteiger partial charge on any atom is 0.243 e. The molecular weight excluding hydrogens is 326 g/mol. The number of nitrogens with two attached hydrogens (primary N) is 1. The molecule has 2 N–H and O–H groups in total. The minimum atomic E-state index is -3.47. The van der Waals surface area contributed by atoms with Gasteiger partial charge in [0.25, 0.3) is 0 Å². The predicted molar refractivity (Wildman–Crippen MR) is 93.1 cm³/mol. The van der Waals surface area contributed by atoms with Gasteiger partial charge in [0, 0.05) is 26.2 Å². The van der Waals surface area contributed by atoms with Crippen molar-refractivity contribution >= 4 is 10.0 Å². The van der Waals surface area contributed by atoms with Crippen LogP contribution in [0, 0.1) is 5.41 Å². The molecule has 1 aromatic rings. The standard InChI is InChI=1S/C17H27N3O3S/c1-17(13-18)6-7-19(14-17)12-15-4-2-3-5-16(15)24(21,22)20-8-10-23-11-9-20/h2-5H,6-14,18H2,1H3. The number of hydrogen-bond acceptors (Lipinski definition) is 5. The second-order valence-corrected chi connectivity index (χ2v) is 9.01. The van der Waals surface area contributed by atoms with Gasteiger partial charge in [-0.15, -0.1) is 0 Å². The van der Waals surface area contributed by atoms with Crippen molar-refractivity contribution in [3.05, 3.63) is 29.8 Å². The summed E-state index contributed by atoms with van der Waals surface area (Å²) >= 11 is 0. The number of nitrogens with zero attached hydrogens (tertiary/aromatic N) is 2. The molecule has 0 spiro atoms. The fraction of sp³-hybridized carbons (Fsp3) is 0.647. The Morgan fingerprint density at radius 2 is 1.92 bits per heavy atom. The smallest absolute Gasteiger partial charge is 0.243 e. The third-order valence-electron chi connectivity index (χ3n) is 5.08. The maximum absolute atomic E-state index is 13.0. The zero-order chi connectivity index (χ0) is 17.2. The van der Waals surface area contributed by atoms with Crippen LogP contribution in [0.3, 0.4) is 0 Å². The van der Waals surface area contributed by atoms with Gasteiger partial charge in [-0.25, -0.2) is 8.42 Å². The molecule has 2 saturated heterocycles. The van der Waals surface area contributed by atoms with E-state index in [0.29, 0.717) is 44.3 Å². The minimum Gasteiger partial charge on any atom is -0.379 e. The third-order valence-corrected chi connectivity index (χ3v) is 7.08. The van der Waals surface area contributed by atoms with E-state index in [4.69, 9.17) is 10.5 Å². The van der Waals surface area contributed by atoms with Crippen molar-refractivity contribution in [1.82, 2.24) is 9.21 Å². The molecule has 3 rings (SSSR count). The van der Waals surface area contributed by atoms with Crippen molar-refractivity contribution in [2.24, 2.45) is 11.1 Å². The van der Waals surface area contributed by atoms with Crippen molar-refractivity contribution in [1.29, 1.82) is 0 Å². The molecule has 6 nitrogen and oxygen atoms in total. The first-order chi connectivity index (χ1) is 11.4. The van der Waals surface area contributed by atoms with Crippen LogP contribution in [-0.4, -0.2) is 63.6 Å². The number of rotatable bonds is 5. The van der Waals surface area contributed by atoms with Gasteiger partial charge in [-0.1, -0.05) is 25.1 Å². The Hall–Kier alpha value is -0.990. The highest BCUT2D eigenvalue weighted by molar-refractivity contribution is 7.89. The van der Waals surface area contributed by atoms with E-state index in [1.54, 1.807) is 12.1 Å². The Balaban J connectivity index is 1.81. The average Bonchev–Trinajstić information content (AvgIpc) is 2.98. The first-order valence-corrected chi connectivity index (χ1v) is 9.97. The van der Waals surface area contributed by atoms with Gasteiger partial charge in [0.15, 0.2) is 0 Å². The zero-order valence-electron chi connectivity index (χ0n) is 14.3. The van der Waals surface area contributed by atoms with E-state index < -0.39 is 10.0 Å². The van der Waals surface area contributed by atoms with Gasteiger partial charge in [0.05, 0.1) is 18.1 Å². The van der Waals surface area contributed by atoms with E-state index in [0.717, 1.165) is 25.1 Å². The van der Waals surface area contributed by atoms with Crippen molar-refractivity contribution in [2.45, 2.75) is 24.8 Å². The van der Waals surface area contributed by atoms with Gasteiger partial charge in [-0.2, -0.15) is 4.31 Å². The molecule has 1 atom stereocenters. The number of likely N-dealkylation sites (tertiary alicyclic amines) is 1. The molecule has 7 heteroatoms. The van der Waals surface area contributed by atoms with E-state index in [2.05, 4.69) is 11.8 Å². The fourth-order valence-electron chi connectivity index (χ4n) is 3.48. The number of ether oxygens (including phenoxy) is 1. The lowest BCUT2D eigenvalue weighted by atomic mass is 9.90. The summed E-state index contributed by atoms with van der Waals surface area (Å²) in [5.74, 6) is 0. The zero-order valence-corrected chi connectivity index (χ0v) is 15.1. The highest BCUT2D eigenvalue weighted by Crippen LogP contribution is 2.31. The molecular formula is C17H27N3O3S. The van der Waals surface area contributed by atoms with Gasteiger partial charge in [-0.3, -0.25) is 4.90 Å². The van der Waals surface area contributed by atoms with Crippen molar-refractivity contribution in [3.63, 3.8) is 0 Å². The number of hydrogen-bond donors (Lipinski definition) is 1. The number of sulfonamides is 1. The Kier molecular flexibility index (Phi) is 5.27. The number of morpholine rings is 1. The van der Waals surface area contributed by atoms with Crippen LogP contribution in [0.25, 0.3) is 0 Å². The lowest BCUT2D eigenvalue weighted by Crippen LogP contribution is -2.41. The summed E-state index contributed by atoms with van der Waals surface area (Å²) in [5.41, 5.74) is 6.88. The Morgan fingerprint density at radius 1 is 1.21 bits per heavy atom. The molecule has 0 radical (unpaired) electrons. The molecule has 0 aliphatic carbocycles. The molecule has 24 heavy (non-hydrogen) atoms. The minimum absolute atomic E-state index is 0.137. The predicted octanol–water partition coefficient (Wildman–Crippen LogP) is 0.878. The Labute approximate surface area is 144 Å². The Morgan fingerprint density at radius 3 is 2.58 bits per heavy atom. The number of benzene rings is 1. The summed E-state index contributed by atoms with van der Waals surface area (Å²) in [6.45, 7) is 7.15. The summed E-state index contributed by atoms with van der Waals surface area (Å²) in [6, 6.07) is 7.35. The van der Waals surface area contributed by atoms with Gasteiger partial charge >= 0.3 is 0 Å². The molecule has 2 fully saturated rings. The van der Waals surface area contributed by atoms with Crippen LogP contribution in [0.1, 0.15) is 18.9 Å². The lowest BCUT2D eigenvalue weighted by Gasteiger charge is -2.28. The fourth-order valence-corrected chi connectivity index (χ4v) is 5.10. The second-order valence-electron chi connectivity index (χ2n) is 7.10. The van der Waals surface area contributed by atoms with Crippen LogP contribution < -0.4 is 5.73 Å². The molecule has 1 aromatic carbocycles. The normalized spacial score (nSPS) is 26.8. The highest BCUT2D eigenvalue weighted by atomic mass is 32.2. The summed E-state index contributed by atoms with van der Waals surface area (Å²) in [5, 5.41) is 0. The Bertz CT molecular complexity index is 673. The largest absolute Gasteiger partial charge is 0.379 e. The van der Waals surface area contributed by atoms with E-state index in [1.165, 1.54) is 4.31 Å². The SMILES string of the molecule is CC1(CN)CCN(Cc2ccccc2S(=O)(=O)N2CCOCC2)C1. The van der Waals surface area contributed by atoms with E-state index >= 15 is 0 Å². The van der Waals surface area contributed by atoms with Crippen LogP contribution in [0.2, 0.25) is 0 Å². The van der Waals surface area contributed by atoms with Crippen LogP contribution in [0.4, 0.5) is 0 Å². The molecule has 1 unspecified atom stereocenters. The lowest BCUT2D eigenvalue weighted by molar-refractivity contribution is 0.0730. The summed E-state index contributed by atoms with van der Waals surface area (Å²) in [6.07, 6.45) is 1.06. The van der Waals surface area contributed by atoms with Crippen LogP contribution in [0.5, 0.6) is 0 Å².